The van der Waals surface area contributed by atoms with Gasteiger partial charge in [0.05, 0.1) is 17.9 Å². The molecule has 0 aliphatic heterocycles. The molecule has 0 atom stereocenters. The molecule has 0 saturated heterocycles. The molecule has 0 amide bonds. The molecule has 5 heteroatoms. The first-order chi connectivity index (χ1) is 8.52. The van der Waals surface area contributed by atoms with Crippen molar-refractivity contribution in [1.82, 2.24) is 9.78 Å². The van der Waals surface area contributed by atoms with Crippen molar-refractivity contribution in [3.05, 3.63) is 40.8 Å². The standard InChI is InChI=1S/C13H15FN2O2/c1-8-4-5-10(6-12(8)14)18-13-11(7-17)9(2)15-16(13)3/h4-6,17H,7H2,1-3H3. The summed E-state index contributed by atoms with van der Waals surface area (Å²) in [5.41, 5.74) is 1.87. The Bertz CT molecular complexity index is 579. The van der Waals surface area contributed by atoms with Crippen LogP contribution in [0.3, 0.4) is 0 Å². The molecule has 18 heavy (non-hydrogen) atoms. The highest BCUT2D eigenvalue weighted by molar-refractivity contribution is 5.36. The van der Waals surface area contributed by atoms with Crippen LogP contribution < -0.4 is 4.74 Å². The molecule has 0 radical (unpaired) electrons. The summed E-state index contributed by atoms with van der Waals surface area (Å²) < 4.78 is 20.5. The topological polar surface area (TPSA) is 47.3 Å². The van der Waals surface area contributed by atoms with E-state index in [2.05, 4.69) is 5.10 Å². The van der Waals surface area contributed by atoms with Crippen LogP contribution in [-0.4, -0.2) is 14.9 Å². The minimum absolute atomic E-state index is 0.163. The number of hydrogen-bond acceptors (Lipinski definition) is 3. The second-order valence-corrected chi connectivity index (χ2v) is 4.16. The van der Waals surface area contributed by atoms with Gasteiger partial charge in [0, 0.05) is 13.1 Å². The predicted molar refractivity (Wildman–Crippen MR) is 65.1 cm³/mol. The lowest BCUT2D eigenvalue weighted by Crippen LogP contribution is -1.97. The van der Waals surface area contributed by atoms with Crippen molar-refractivity contribution < 1.29 is 14.2 Å². The Balaban J connectivity index is 2.36. The second-order valence-electron chi connectivity index (χ2n) is 4.16. The third-order valence-electron chi connectivity index (χ3n) is 2.80. The molecular weight excluding hydrogens is 235 g/mol. The minimum Gasteiger partial charge on any atom is -0.439 e. The highest BCUT2D eigenvalue weighted by Gasteiger charge is 2.14. The summed E-state index contributed by atoms with van der Waals surface area (Å²) in [6.45, 7) is 3.31. The molecule has 0 spiro atoms. The fraction of sp³-hybridized carbons (Fsp3) is 0.308. The maximum absolute atomic E-state index is 13.4. The Labute approximate surface area is 105 Å². The van der Waals surface area contributed by atoms with Crippen LogP contribution in [0.4, 0.5) is 4.39 Å². The first-order valence-electron chi connectivity index (χ1n) is 5.60. The highest BCUT2D eigenvalue weighted by Crippen LogP contribution is 2.28. The van der Waals surface area contributed by atoms with Gasteiger partial charge in [-0.2, -0.15) is 5.10 Å². The molecule has 0 unspecified atom stereocenters. The van der Waals surface area contributed by atoms with Crippen LogP contribution in [0.2, 0.25) is 0 Å². The van der Waals surface area contributed by atoms with Crippen LogP contribution in [0.1, 0.15) is 16.8 Å². The SMILES string of the molecule is Cc1ccc(Oc2c(CO)c(C)nn2C)cc1F. The molecule has 96 valence electrons. The zero-order chi connectivity index (χ0) is 13.3. The third-order valence-corrected chi connectivity index (χ3v) is 2.80. The summed E-state index contributed by atoms with van der Waals surface area (Å²) in [4.78, 5) is 0. The molecule has 0 saturated carbocycles. The van der Waals surface area contributed by atoms with Gasteiger partial charge in [-0.3, -0.25) is 0 Å². The molecule has 4 nitrogen and oxygen atoms in total. The van der Waals surface area contributed by atoms with Gasteiger partial charge in [-0.05, 0) is 25.5 Å². The molecule has 1 aromatic heterocycles. The second kappa shape index (κ2) is 4.78. The van der Waals surface area contributed by atoms with E-state index in [0.29, 0.717) is 28.5 Å². The molecule has 0 bridgehead atoms. The lowest BCUT2D eigenvalue weighted by Gasteiger charge is -2.08. The summed E-state index contributed by atoms with van der Waals surface area (Å²) >= 11 is 0. The van der Waals surface area contributed by atoms with E-state index in [9.17, 15) is 9.50 Å². The quantitative estimate of drug-likeness (QED) is 0.910. The summed E-state index contributed by atoms with van der Waals surface area (Å²) in [6.07, 6.45) is 0. The summed E-state index contributed by atoms with van der Waals surface area (Å²) in [5.74, 6) is 0.492. The van der Waals surface area contributed by atoms with Crippen molar-refractivity contribution in [2.75, 3.05) is 0 Å². The molecule has 2 aromatic rings. The number of benzene rings is 1. The Hall–Kier alpha value is -1.88. The third kappa shape index (κ3) is 2.22. The zero-order valence-electron chi connectivity index (χ0n) is 10.6. The minimum atomic E-state index is -0.322. The average Bonchev–Trinajstić information content (AvgIpc) is 2.58. The maximum atomic E-state index is 13.4. The van der Waals surface area contributed by atoms with Crippen molar-refractivity contribution in [3.8, 4) is 11.6 Å². The molecule has 0 fully saturated rings. The van der Waals surface area contributed by atoms with Gasteiger partial charge >= 0.3 is 0 Å². The molecule has 1 aromatic carbocycles. The van der Waals surface area contributed by atoms with E-state index in [1.54, 1.807) is 33.0 Å². The lowest BCUT2D eigenvalue weighted by atomic mass is 10.2. The Morgan fingerprint density at radius 2 is 2.11 bits per heavy atom. The van der Waals surface area contributed by atoms with E-state index in [4.69, 9.17) is 4.74 Å². The first kappa shape index (κ1) is 12.6. The van der Waals surface area contributed by atoms with Gasteiger partial charge < -0.3 is 9.84 Å². The molecular formula is C13H15FN2O2. The average molecular weight is 250 g/mol. The predicted octanol–water partition coefficient (Wildman–Crippen LogP) is 2.46. The maximum Gasteiger partial charge on any atom is 0.223 e. The van der Waals surface area contributed by atoms with Crippen LogP contribution in [0, 0.1) is 19.7 Å². The van der Waals surface area contributed by atoms with Crippen molar-refractivity contribution in [1.29, 1.82) is 0 Å². The van der Waals surface area contributed by atoms with Gasteiger partial charge in [0.25, 0.3) is 0 Å². The highest BCUT2D eigenvalue weighted by atomic mass is 19.1. The van der Waals surface area contributed by atoms with E-state index in [1.807, 2.05) is 0 Å². The molecule has 0 aliphatic carbocycles. The van der Waals surface area contributed by atoms with Crippen molar-refractivity contribution in [3.63, 3.8) is 0 Å². The van der Waals surface area contributed by atoms with E-state index >= 15 is 0 Å². The number of aromatic nitrogens is 2. The zero-order valence-corrected chi connectivity index (χ0v) is 10.6. The van der Waals surface area contributed by atoms with Crippen LogP contribution in [0.25, 0.3) is 0 Å². The van der Waals surface area contributed by atoms with Gasteiger partial charge in [0.2, 0.25) is 5.88 Å². The van der Waals surface area contributed by atoms with Gasteiger partial charge in [-0.25, -0.2) is 9.07 Å². The number of ether oxygens (including phenoxy) is 1. The monoisotopic (exact) mass is 250 g/mol. The summed E-state index contributed by atoms with van der Waals surface area (Å²) in [5, 5.41) is 13.4. The fourth-order valence-corrected chi connectivity index (χ4v) is 1.74. The van der Waals surface area contributed by atoms with Gasteiger partial charge in [-0.1, -0.05) is 6.07 Å². The number of halogens is 1. The van der Waals surface area contributed by atoms with Crippen LogP contribution in [0.15, 0.2) is 18.2 Å². The number of nitrogens with zero attached hydrogens (tertiary/aromatic N) is 2. The van der Waals surface area contributed by atoms with E-state index in [1.165, 1.54) is 10.7 Å². The fourth-order valence-electron chi connectivity index (χ4n) is 1.74. The first-order valence-corrected chi connectivity index (χ1v) is 5.60. The van der Waals surface area contributed by atoms with Crippen LogP contribution in [-0.2, 0) is 13.7 Å². The van der Waals surface area contributed by atoms with Gasteiger partial charge in [0.1, 0.15) is 11.6 Å². The van der Waals surface area contributed by atoms with Crippen molar-refractivity contribution >= 4 is 0 Å². The van der Waals surface area contributed by atoms with E-state index < -0.39 is 0 Å². The van der Waals surface area contributed by atoms with E-state index in [0.717, 1.165) is 0 Å². The Kier molecular flexibility index (Phi) is 3.34. The van der Waals surface area contributed by atoms with Crippen molar-refractivity contribution in [2.45, 2.75) is 20.5 Å². The van der Waals surface area contributed by atoms with Crippen molar-refractivity contribution in [2.24, 2.45) is 7.05 Å². The molecule has 1 heterocycles. The normalized spacial score (nSPS) is 10.7. The van der Waals surface area contributed by atoms with Gasteiger partial charge in [-0.15, -0.1) is 0 Å². The molecule has 1 N–H and O–H groups in total. The lowest BCUT2D eigenvalue weighted by molar-refractivity contribution is 0.274. The largest absolute Gasteiger partial charge is 0.439 e. The Morgan fingerprint density at radius 3 is 2.72 bits per heavy atom. The summed E-state index contributed by atoms with van der Waals surface area (Å²) in [7, 11) is 1.71. The van der Waals surface area contributed by atoms with Gasteiger partial charge in [0.15, 0.2) is 0 Å². The van der Waals surface area contributed by atoms with Crippen LogP contribution >= 0.6 is 0 Å². The molecule has 0 aliphatic rings. The number of aliphatic hydroxyl groups is 1. The Morgan fingerprint density at radius 1 is 1.39 bits per heavy atom. The van der Waals surface area contributed by atoms with E-state index in [-0.39, 0.29) is 12.4 Å². The number of aryl methyl sites for hydroxylation is 3. The smallest absolute Gasteiger partial charge is 0.223 e. The van der Waals surface area contributed by atoms with Crippen LogP contribution in [0.5, 0.6) is 11.6 Å². The molecule has 2 rings (SSSR count). The number of rotatable bonds is 3. The number of aliphatic hydroxyl groups excluding tert-OH is 1. The number of hydrogen-bond donors (Lipinski definition) is 1. The summed E-state index contributed by atoms with van der Waals surface area (Å²) in [6, 6.07) is 4.65.